The van der Waals surface area contributed by atoms with Gasteiger partial charge in [0.05, 0.1) is 11.3 Å². The zero-order chi connectivity index (χ0) is 15.8. The molecule has 2 heteroatoms. The van der Waals surface area contributed by atoms with Gasteiger partial charge in [0.25, 0.3) is 0 Å². The number of nitrogens with zero attached hydrogens (tertiary/aromatic N) is 2. The summed E-state index contributed by atoms with van der Waals surface area (Å²) in [7, 11) is 0. The molecule has 0 unspecified atom stereocenters. The van der Waals surface area contributed by atoms with E-state index in [-0.39, 0.29) is 0 Å². The molecular weight excluding hydrogens is 280 g/mol. The van der Waals surface area contributed by atoms with Crippen molar-refractivity contribution in [2.24, 2.45) is 5.92 Å². The summed E-state index contributed by atoms with van der Waals surface area (Å²) in [4.78, 5) is 2.46. The van der Waals surface area contributed by atoms with Crippen molar-refractivity contribution in [3.05, 3.63) is 53.1 Å². The number of fused-ring (bicyclic) bond motifs is 3. The molecule has 1 heterocycles. The molecule has 1 fully saturated rings. The first-order valence-electron chi connectivity index (χ1n) is 8.67. The lowest BCUT2D eigenvalue weighted by Crippen LogP contribution is -2.34. The van der Waals surface area contributed by atoms with Gasteiger partial charge in [-0.3, -0.25) is 0 Å². The third kappa shape index (κ3) is 2.41. The second-order valence-electron chi connectivity index (χ2n) is 6.93. The molecular formula is C21H22N2. The lowest BCUT2D eigenvalue weighted by Gasteiger charge is -2.36. The van der Waals surface area contributed by atoms with E-state index < -0.39 is 0 Å². The minimum Gasteiger partial charge on any atom is -0.370 e. The van der Waals surface area contributed by atoms with Gasteiger partial charge in [-0.25, -0.2) is 0 Å². The first kappa shape index (κ1) is 14.3. The summed E-state index contributed by atoms with van der Waals surface area (Å²) < 4.78 is 0. The van der Waals surface area contributed by atoms with Crippen LogP contribution in [-0.4, -0.2) is 13.1 Å². The molecule has 2 nitrogen and oxygen atoms in total. The van der Waals surface area contributed by atoms with Crippen molar-refractivity contribution in [3.8, 4) is 17.2 Å². The Labute approximate surface area is 138 Å². The maximum Gasteiger partial charge on any atom is 0.101 e. The zero-order valence-corrected chi connectivity index (χ0v) is 13.7. The molecule has 0 N–H and O–H groups in total. The fraction of sp³-hybridized carbons (Fsp3) is 0.381. The largest absolute Gasteiger partial charge is 0.370 e. The fourth-order valence-electron chi connectivity index (χ4n) is 4.09. The average Bonchev–Trinajstić information content (AvgIpc) is 2.61. The molecule has 0 saturated carbocycles. The van der Waals surface area contributed by atoms with Crippen molar-refractivity contribution in [1.82, 2.24) is 0 Å². The van der Waals surface area contributed by atoms with Crippen molar-refractivity contribution >= 4 is 5.69 Å². The predicted molar refractivity (Wildman–Crippen MR) is 94.6 cm³/mol. The lowest BCUT2D eigenvalue weighted by molar-refractivity contribution is 0.438. The molecule has 0 amide bonds. The van der Waals surface area contributed by atoms with Gasteiger partial charge in [-0.1, -0.05) is 37.3 Å². The van der Waals surface area contributed by atoms with Crippen LogP contribution >= 0.6 is 0 Å². The highest BCUT2D eigenvalue weighted by Gasteiger charge is 2.25. The van der Waals surface area contributed by atoms with Gasteiger partial charge >= 0.3 is 0 Å². The van der Waals surface area contributed by atoms with Crippen LogP contribution in [0, 0.1) is 17.2 Å². The van der Waals surface area contributed by atoms with E-state index in [2.05, 4.69) is 48.2 Å². The Bertz CT molecular complexity index is 777. The third-order valence-electron chi connectivity index (χ3n) is 5.45. The number of rotatable bonds is 1. The minimum atomic E-state index is 0.803. The maximum absolute atomic E-state index is 9.62. The second kappa shape index (κ2) is 5.74. The van der Waals surface area contributed by atoms with Gasteiger partial charge in [0.1, 0.15) is 6.07 Å². The molecule has 23 heavy (non-hydrogen) atoms. The van der Waals surface area contributed by atoms with Gasteiger partial charge in [0.15, 0.2) is 0 Å². The molecule has 2 aromatic carbocycles. The number of piperidine rings is 1. The SMILES string of the molecule is CC1CCN(c2c(C#N)ccc3c2CCc2ccccc2-3)CC1. The Morgan fingerprint density at radius 1 is 1.00 bits per heavy atom. The summed E-state index contributed by atoms with van der Waals surface area (Å²) in [5, 5.41) is 9.62. The van der Waals surface area contributed by atoms with Crippen molar-refractivity contribution in [3.63, 3.8) is 0 Å². The van der Waals surface area contributed by atoms with Crippen LogP contribution in [0.3, 0.4) is 0 Å². The van der Waals surface area contributed by atoms with Gasteiger partial charge in [-0.2, -0.15) is 5.26 Å². The number of hydrogen-bond donors (Lipinski definition) is 0. The third-order valence-corrected chi connectivity index (χ3v) is 5.45. The van der Waals surface area contributed by atoms with E-state index in [1.165, 1.54) is 40.8 Å². The quantitative estimate of drug-likeness (QED) is 0.772. The number of aryl methyl sites for hydroxylation is 1. The topological polar surface area (TPSA) is 27.0 Å². The molecule has 1 aliphatic carbocycles. The van der Waals surface area contributed by atoms with Gasteiger partial charge in [-0.15, -0.1) is 0 Å². The monoisotopic (exact) mass is 302 g/mol. The van der Waals surface area contributed by atoms with E-state index in [1.54, 1.807) is 0 Å². The second-order valence-corrected chi connectivity index (χ2v) is 6.93. The average molecular weight is 302 g/mol. The summed E-state index contributed by atoms with van der Waals surface area (Å²) in [5.74, 6) is 0.803. The van der Waals surface area contributed by atoms with Gasteiger partial charge < -0.3 is 4.90 Å². The summed E-state index contributed by atoms with van der Waals surface area (Å²) >= 11 is 0. The molecule has 116 valence electrons. The van der Waals surface area contributed by atoms with Gasteiger partial charge in [-0.05, 0) is 59.9 Å². The van der Waals surface area contributed by atoms with Crippen LogP contribution in [0.25, 0.3) is 11.1 Å². The summed E-state index contributed by atoms with van der Waals surface area (Å²) in [6.45, 7) is 4.49. The fourth-order valence-corrected chi connectivity index (χ4v) is 4.09. The van der Waals surface area contributed by atoms with E-state index >= 15 is 0 Å². The van der Waals surface area contributed by atoms with Crippen LogP contribution in [0.4, 0.5) is 5.69 Å². The zero-order valence-electron chi connectivity index (χ0n) is 13.7. The number of nitriles is 1. The molecule has 0 aromatic heterocycles. The van der Waals surface area contributed by atoms with Gasteiger partial charge in [0, 0.05) is 13.1 Å². The standard InChI is InChI=1S/C21H22N2/c1-15-10-12-23(13-11-15)21-17(14-22)7-8-19-18-5-3-2-4-16(18)6-9-20(19)21/h2-5,7-8,15H,6,9-13H2,1H3. The van der Waals surface area contributed by atoms with Crippen LogP contribution in [0.1, 0.15) is 36.5 Å². The summed E-state index contributed by atoms with van der Waals surface area (Å²) in [6.07, 6.45) is 4.58. The Kier molecular flexibility index (Phi) is 3.58. The van der Waals surface area contributed by atoms with Crippen molar-refractivity contribution in [2.75, 3.05) is 18.0 Å². The molecule has 1 aliphatic heterocycles. The number of anilines is 1. The molecule has 1 saturated heterocycles. The Balaban J connectivity index is 1.85. The van der Waals surface area contributed by atoms with Crippen LogP contribution in [0.5, 0.6) is 0 Å². The van der Waals surface area contributed by atoms with E-state index in [9.17, 15) is 5.26 Å². The van der Waals surface area contributed by atoms with E-state index in [0.29, 0.717) is 0 Å². The number of hydrogen-bond acceptors (Lipinski definition) is 2. The van der Waals surface area contributed by atoms with Crippen molar-refractivity contribution < 1.29 is 0 Å². The predicted octanol–water partition coefficient (Wildman–Crippen LogP) is 4.56. The van der Waals surface area contributed by atoms with E-state index in [4.69, 9.17) is 0 Å². The maximum atomic E-state index is 9.62. The molecule has 4 rings (SSSR count). The van der Waals surface area contributed by atoms with E-state index in [1.807, 2.05) is 6.07 Å². The van der Waals surface area contributed by atoms with E-state index in [0.717, 1.165) is 37.4 Å². The highest BCUT2D eigenvalue weighted by molar-refractivity contribution is 5.81. The van der Waals surface area contributed by atoms with Crippen molar-refractivity contribution in [2.45, 2.75) is 32.6 Å². The van der Waals surface area contributed by atoms with Gasteiger partial charge in [0.2, 0.25) is 0 Å². The lowest BCUT2D eigenvalue weighted by atomic mass is 9.83. The minimum absolute atomic E-state index is 0.803. The smallest absolute Gasteiger partial charge is 0.101 e. The molecule has 0 radical (unpaired) electrons. The van der Waals surface area contributed by atoms with Crippen LogP contribution < -0.4 is 4.90 Å². The highest BCUT2D eigenvalue weighted by atomic mass is 15.1. The summed E-state index contributed by atoms with van der Waals surface area (Å²) in [5.41, 5.74) is 7.56. The molecule has 2 aliphatic rings. The number of benzene rings is 2. The van der Waals surface area contributed by atoms with Crippen molar-refractivity contribution in [1.29, 1.82) is 5.26 Å². The Morgan fingerprint density at radius 3 is 2.57 bits per heavy atom. The highest BCUT2D eigenvalue weighted by Crippen LogP contribution is 2.41. The van der Waals surface area contributed by atoms with Crippen LogP contribution in [0.2, 0.25) is 0 Å². The first-order chi connectivity index (χ1) is 11.3. The summed E-state index contributed by atoms with van der Waals surface area (Å²) in [6, 6.07) is 15.3. The molecule has 0 bridgehead atoms. The molecule has 0 atom stereocenters. The van der Waals surface area contributed by atoms with Crippen LogP contribution in [0.15, 0.2) is 36.4 Å². The molecule has 0 spiro atoms. The van der Waals surface area contributed by atoms with Crippen LogP contribution in [-0.2, 0) is 12.8 Å². The normalized spacial score (nSPS) is 17.3. The Hall–Kier alpha value is -2.27. The molecule has 2 aromatic rings. The first-order valence-corrected chi connectivity index (χ1v) is 8.67. The Morgan fingerprint density at radius 2 is 1.78 bits per heavy atom.